The Hall–Kier alpha value is -3.35. The van der Waals surface area contributed by atoms with Gasteiger partial charge in [-0.1, -0.05) is 12.1 Å². The van der Waals surface area contributed by atoms with E-state index in [1.807, 2.05) is 38.1 Å². The van der Waals surface area contributed by atoms with Crippen molar-refractivity contribution in [2.75, 3.05) is 5.32 Å². The maximum Gasteiger partial charge on any atom is 0.254 e. The summed E-state index contributed by atoms with van der Waals surface area (Å²) in [5.41, 5.74) is 1.13. The van der Waals surface area contributed by atoms with Crippen LogP contribution in [0.15, 0.2) is 59.5 Å². The molecule has 3 rings (SSSR count). The van der Waals surface area contributed by atoms with E-state index in [1.165, 1.54) is 12.4 Å². The highest BCUT2D eigenvalue weighted by Crippen LogP contribution is 2.26. The number of ether oxygens (including phenoxy) is 1. The number of para-hydroxylation sites is 2. The third-order valence-corrected chi connectivity index (χ3v) is 3.41. The molecule has 0 fully saturated rings. The predicted molar refractivity (Wildman–Crippen MR) is 97.4 cm³/mol. The fraction of sp³-hybridized carbons (Fsp3) is 0.211. The molecule has 2 aromatic heterocycles. The monoisotopic (exact) mass is 352 g/mol. The van der Waals surface area contributed by atoms with Crippen molar-refractivity contribution in [3.63, 3.8) is 0 Å². The average molecular weight is 352 g/mol. The molecule has 3 aromatic rings. The van der Waals surface area contributed by atoms with Crippen LogP contribution in [0.5, 0.6) is 5.75 Å². The van der Waals surface area contributed by atoms with Crippen molar-refractivity contribution in [2.45, 2.75) is 26.5 Å². The Morgan fingerprint density at radius 2 is 1.92 bits per heavy atom. The zero-order chi connectivity index (χ0) is 18.4. The minimum atomic E-state index is -0.267. The molecule has 0 unspecified atom stereocenters. The topological polar surface area (TPSA) is 89.3 Å². The molecule has 7 nitrogen and oxygen atoms in total. The van der Waals surface area contributed by atoms with Crippen LogP contribution < -0.4 is 15.4 Å². The Bertz CT molecular complexity index is 845. The van der Waals surface area contributed by atoms with E-state index in [2.05, 4.69) is 20.6 Å². The molecule has 1 amide bonds. The number of nitrogens with one attached hydrogen (secondary N) is 2. The Morgan fingerprint density at radius 3 is 2.62 bits per heavy atom. The number of aromatic nitrogens is 2. The summed E-state index contributed by atoms with van der Waals surface area (Å²) >= 11 is 0. The molecule has 0 spiro atoms. The minimum Gasteiger partial charge on any atom is -0.489 e. The Morgan fingerprint density at radius 1 is 1.15 bits per heavy atom. The molecular weight excluding hydrogens is 332 g/mol. The second-order valence-corrected chi connectivity index (χ2v) is 5.85. The molecule has 1 aromatic carbocycles. The van der Waals surface area contributed by atoms with Crippen LogP contribution in [0.25, 0.3) is 0 Å². The summed E-state index contributed by atoms with van der Waals surface area (Å²) in [5.74, 6) is 1.51. The number of hydrogen-bond donors (Lipinski definition) is 2. The molecule has 0 aliphatic carbocycles. The van der Waals surface area contributed by atoms with Crippen molar-refractivity contribution < 1.29 is 13.9 Å². The smallest absolute Gasteiger partial charge is 0.254 e. The lowest BCUT2D eigenvalue weighted by Gasteiger charge is -2.14. The molecule has 0 saturated heterocycles. The molecule has 7 heteroatoms. The zero-order valence-corrected chi connectivity index (χ0v) is 14.6. The van der Waals surface area contributed by atoms with E-state index < -0.39 is 0 Å². The quantitative estimate of drug-likeness (QED) is 0.676. The number of carbonyl (C=O) groups excluding carboxylic acids is 1. The van der Waals surface area contributed by atoms with E-state index in [0.717, 1.165) is 5.69 Å². The first kappa shape index (κ1) is 17.5. The molecule has 2 heterocycles. The molecular formula is C19H20N4O3. The van der Waals surface area contributed by atoms with E-state index in [0.29, 0.717) is 29.6 Å². The minimum absolute atomic E-state index is 0.0547. The van der Waals surface area contributed by atoms with Gasteiger partial charge in [0.25, 0.3) is 5.91 Å². The molecule has 2 N–H and O–H groups in total. The molecule has 26 heavy (non-hydrogen) atoms. The van der Waals surface area contributed by atoms with Gasteiger partial charge < -0.3 is 19.8 Å². The van der Waals surface area contributed by atoms with Crippen molar-refractivity contribution in [2.24, 2.45) is 0 Å². The van der Waals surface area contributed by atoms with Crippen molar-refractivity contribution in [3.05, 3.63) is 66.4 Å². The molecule has 0 atom stereocenters. The fourth-order valence-corrected chi connectivity index (χ4v) is 2.24. The summed E-state index contributed by atoms with van der Waals surface area (Å²) in [6.45, 7) is 4.23. The Kier molecular flexibility index (Phi) is 5.48. The highest BCUT2D eigenvalue weighted by atomic mass is 16.5. The first-order chi connectivity index (χ1) is 12.6. The highest BCUT2D eigenvalue weighted by Gasteiger charge is 2.10. The average Bonchev–Trinajstić information content (AvgIpc) is 3.15. The van der Waals surface area contributed by atoms with Gasteiger partial charge in [-0.3, -0.25) is 4.79 Å². The maximum absolute atomic E-state index is 12.1. The van der Waals surface area contributed by atoms with Gasteiger partial charge in [0.2, 0.25) is 5.95 Å². The number of furan rings is 1. The standard InChI is InChI=1S/C19H20N4O3/c1-13(2)26-17-8-4-3-7-16(17)23-19-21-10-14(11-22-19)18(24)20-12-15-6-5-9-25-15/h3-11,13H,12H2,1-2H3,(H,20,24)(H,21,22,23). The van der Waals surface area contributed by atoms with E-state index in [9.17, 15) is 4.79 Å². The van der Waals surface area contributed by atoms with Gasteiger partial charge in [-0.25, -0.2) is 9.97 Å². The van der Waals surface area contributed by atoms with Gasteiger partial charge in [0.15, 0.2) is 0 Å². The van der Waals surface area contributed by atoms with Gasteiger partial charge in [0.1, 0.15) is 11.5 Å². The van der Waals surface area contributed by atoms with Gasteiger partial charge in [-0.15, -0.1) is 0 Å². The van der Waals surface area contributed by atoms with Crippen molar-refractivity contribution in [1.29, 1.82) is 0 Å². The number of rotatable bonds is 7. The Balaban J connectivity index is 1.63. The molecule has 0 saturated carbocycles. The SMILES string of the molecule is CC(C)Oc1ccccc1Nc1ncc(C(=O)NCc2ccco2)cn1. The third kappa shape index (κ3) is 4.60. The summed E-state index contributed by atoms with van der Waals surface area (Å²) in [5, 5.41) is 5.85. The molecule has 0 radical (unpaired) electrons. The van der Waals surface area contributed by atoms with Crippen LogP contribution in [-0.4, -0.2) is 22.0 Å². The predicted octanol–water partition coefficient (Wildman–Crippen LogP) is 3.53. The second kappa shape index (κ2) is 8.15. The van der Waals surface area contributed by atoms with Crippen LogP contribution >= 0.6 is 0 Å². The van der Waals surface area contributed by atoms with Crippen LogP contribution in [0.2, 0.25) is 0 Å². The normalized spacial score (nSPS) is 10.6. The van der Waals surface area contributed by atoms with Crippen LogP contribution in [0.4, 0.5) is 11.6 Å². The lowest BCUT2D eigenvalue weighted by atomic mass is 10.3. The van der Waals surface area contributed by atoms with Crippen molar-refractivity contribution in [3.8, 4) is 5.75 Å². The maximum atomic E-state index is 12.1. The van der Waals surface area contributed by atoms with Crippen LogP contribution in [0, 0.1) is 0 Å². The first-order valence-electron chi connectivity index (χ1n) is 8.27. The number of carbonyl (C=O) groups is 1. The van der Waals surface area contributed by atoms with E-state index in [-0.39, 0.29) is 12.0 Å². The van der Waals surface area contributed by atoms with Crippen LogP contribution in [-0.2, 0) is 6.54 Å². The lowest BCUT2D eigenvalue weighted by molar-refractivity contribution is 0.0947. The van der Waals surface area contributed by atoms with Gasteiger partial charge in [-0.2, -0.15) is 0 Å². The van der Waals surface area contributed by atoms with Crippen molar-refractivity contribution in [1.82, 2.24) is 15.3 Å². The zero-order valence-electron chi connectivity index (χ0n) is 14.6. The molecule has 134 valence electrons. The lowest BCUT2D eigenvalue weighted by Crippen LogP contribution is -2.23. The number of nitrogens with zero attached hydrogens (tertiary/aromatic N) is 2. The number of benzene rings is 1. The summed E-state index contributed by atoms with van der Waals surface area (Å²) in [6.07, 6.45) is 4.56. The number of hydrogen-bond acceptors (Lipinski definition) is 6. The van der Waals surface area contributed by atoms with Gasteiger partial charge >= 0.3 is 0 Å². The molecule has 0 aliphatic rings. The summed E-state index contributed by atoms with van der Waals surface area (Å²) in [7, 11) is 0. The Labute approximate surface area is 151 Å². The van der Waals surface area contributed by atoms with Crippen LogP contribution in [0.1, 0.15) is 30.0 Å². The summed E-state index contributed by atoms with van der Waals surface area (Å²) in [4.78, 5) is 20.5. The first-order valence-corrected chi connectivity index (χ1v) is 8.27. The van der Waals surface area contributed by atoms with E-state index in [1.54, 1.807) is 18.4 Å². The third-order valence-electron chi connectivity index (χ3n) is 3.41. The van der Waals surface area contributed by atoms with Crippen LogP contribution in [0.3, 0.4) is 0 Å². The summed E-state index contributed by atoms with van der Waals surface area (Å²) in [6, 6.07) is 11.1. The fourth-order valence-electron chi connectivity index (χ4n) is 2.24. The van der Waals surface area contributed by atoms with E-state index >= 15 is 0 Å². The number of amides is 1. The molecule has 0 bridgehead atoms. The second-order valence-electron chi connectivity index (χ2n) is 5.85. The largest absolute Gasteiger partial charge is 0.489 e. The number of anilines is 2. The van der Waals surface area contributed by atoms with Gasteiger partial charge in [0.05, 0.1) is 30.2 Å². The van der Waals surface area contributed by atoms with Gasteiger partial charge in [-0.05, 0) is 38.1 Å². The van der Waals surface area contributed by atoms with Crippen molar-refractivity contribution >= 4 is 17.5 Å². The van der Waals surface area contributed by atoms with Gasteiger partial charge in [0, 0.05) is 12.4 Å². The summed E-state index contributed by atoms with van der Waals surface area (Å²) < 4.78 is 10.9. The van der Waals surface area contributed by atoms with E-state index in [4.69, 9.17) is 9.15 Å². The highest BCUT2D eigenvalue weighted by molar-refractivity contribution is 5.93. The molecule has 0 aliphatic heterocycles.